The number of carbonyl (C=O) groups is 2. The van der Waals surface area contributed by atoms with Gasteiger partial charge >= 0.3 is 12.4 Å². The predicted molar refractivity (Wildman–Crippen MR) is 110 cm³/mol. The lowest BCUT2D eigenvalue weighted by molar-refractivity contribution is -0.319. The van der Waals surface area contributed by atoms with Crippen LogP contribution in [-0.4, -0.2) is 68.9 Å². The Labute approximate surface area is 202 Å². The van der Waals surface area contributed by atoms with Gasteiger partial charge in [-0.05, 0) is 50.5 Å². The summed E-state index contributed by atoms with van der Waals surface area (Å²) in [5.74, 6) is -3.23. The molecular formula is C20H24F6N2O7S. The molecule has 1 aromatic rings. The van der Waals surface area contributed by atoms with Crippen molar-refractivity contribution in [3.63, 3.8) is 0 Å². The number of nitrogens with one attached hydrogen (secondary N) is 2. The highest BCUT2D eigenvalue weighted by Gasteiger charge is 2.72. The van der Waals surface area contributed by atoms with Crippen LogP contribution in [-0.2, 0) is 24.2 Å². The number of ether oxygens (including phenoxy) is 2. The average molecular weight is 550 g/mol. The van der Waals surface area contributed by atoms with Crippen LogP contribution in [0.5, 0.6) is 5.75 Å². The number of carbonyl (C=O) groups excluding carboxylic acids is 2. The normalized spacial score (nSPS) is 16.8. The van der Waals surface area contributed by atoms with Gasteiger partial charge in [0.25, 0.3) is 5.91 Å². The highest BCUT2D eigenvalue weighted by atomic mass is 32.2. The van der Waals surface area contributed by atoms with Gasteiger partial charge in [0, 0.05) is 19.8 Å². The van der Waals surface area contributed by atoms with E-state index in [-0.39, 0.29) is 56.7 Å². The van der Waals surface area contributed by atoms with Gasteiger partial charge in [0.05, 0.1) is 11.5 Å². The number of sulfone groups is 1. The second-order valence-electron chi connectivity index (χ2n) is 8.10. The molecule has 0 aromatic heterocycles. The molecule has 1 fully saturated rings. The maximum Gasteiger partial charge on any atom is 0.411 e. The quantitative estimate of drug-likeness (QED) is 0.186. The van der Waals surface area contributed by atoms with E-state index in [2.05, 4.69) is 0 Å². The molecule has 36 heavy (non-hydrogen) atoms. The van der Waals surface area contributed by atoms with Crippen LogP contribution in [0.15, 0.2) is 29.2 Å². The smallest absolute Gasteiger partial charge is 0.411 e. The Balaban J connectivity index is 1.98. The summed E-state index contributed by atoms with van der Waals surface area (Å²) in [6.07, 6.45) is -12.2. The van der Waals surface area contributed by atoms with Crippen molar-refractivity contribution in [2.45, 2.75) is 48.2 Å². The molecule has 0 spiro atoms. The van der Waals surface area contributed by atoms with E-state index in [1.54, 1.807) is 5.32 Å². The van der Waals surface area contributed by atoms with E-state index in [9.17, 15) is 44.3 Å². The third kappa shape index (κ3) is 5.54. The number of halogens is 6. The fraction of sp³-hybridized carbons (Fsp3) is 0.600. The number of hydrogen-bond acceptors (Lipinski definition) is 7. The fourth-order valence-corrected chi connectivity index (χ4v) is 5.36. The first-order chi connectivity index (χ1) is 16.5. The van der Waals surface area contributed by atoms with Gasteiger partial charge < -0.3 is 14.8 Å². The van der Waals surface area contributed by atoms with Crippen molar-refractivity contribution in [1.82, 2.24) is 10.8 Å². The minimum atomic E-state index is -5.85. The van der Waals surface area contributed by atoms with E-state index in [1.807, 2.05) is 0 Å². The molecule has 204 valence electrons. The molecule has 9 nitrogen and oxygen atoms in total. The highest BCUT2D eigenvalue weighted by molar-refractivity contribution is 7.93. The first-order valence-corrected chi connectivity index (χ1v) is 11.9. The number of hydrogen-bond donors (Lipinski definition) is 3. The fourth-order valence-electron chi connectivity index (χ4n) is 3.42. The minimum absolute atomic E-state index is 0.0184. The van der Waals surface area contributed by atoms with Crippen molar-refractivity contribution in [3.05, 3.63) is 24.3 Å². The summed E-state index contributed by atoms with van der Waals surface area (Å²) in [7, 11) is -4.27. The molecule has 0 bridgehead atoms. The summed E-state index contributed by atoms with van der Waals surface area (Å²) in [5.41, 5.74) is -3.19. The largest absolute Gasteiger partial charge is 0.494 e. The van der Waals surface area contributed by atoms with Crippen LogP contribution in [0, 0.1) is 5.41 Å². The maximum absolute atomic E-state index is 13.1. The molecular weight excluding hydrogens is 526 g/mol. The standard InChI is InChI=1S/C20H24F6N2O7S/c1-17(19(21,22)23,20(24,25)26)15(29)27-9-2-10-35-13-3-5-14(6-4-13)36(32,33)18(16(30)28-31)7-11-34-12-8-18/h3-6,31H,2,7-12H2,1H3,(H,27,29)(H,28,30). The lowest BCUT2D eigenvalue weighted by atomic mass is 9.87. The topological polar surface area (TPSA) is 131 Å². The minimum Gasteiger partial charge on any atom is -0.494 e. The van der Waals surface area contributed by atoms with Crippen LogP contribution in [0.4, 0.5) is 26.3 Å². The van der Waals surface area contributed by atoms with Gasteiger partial charge in [0.2, 0.25) is 11.3 Å². The third-order valence-corrected chi connectivity index (χ3v) is 8.44. The molecule has 1 aliphatic rings. The molecule has 2 amide bonds. The number of amides is 2. The Morgan fingerprint density at radius 1 is 1.06 bits per heavy atom. The van der Waals surface area contributed by atoms with E-state index < -0.39 is 50.7 Å². The summed E-state index contributed by atoms with van der Waals surface area (Å²) >= 11 is 0. The van der Waals surface area contributed by atoms with Crippen molar-refractivity contribution in [2.24, 2.45) is 5.41 Å². The summed E-state index contributed by atoms with van der Waals surface area (Å²) in [5, 5.41) is 10.6. The molecule has 1 aliphatic heterocycles. The molecule has 0 saturated carbocycles. The zero-order valence-electron chi connectivity index (χ0n) is 18.8. The molecule has 0 aliphatic carbocycles. The maximum atomic E-state index is 13.1. The average Bonchev–Trinajstić information content (AvgIpc) is 2.81. The van der Waals surface area contributed by atoms with Crippen LogP contribution in [0.3, 0.4) is 0 Å². The summed E-state index contributed by atoms with van der Waals surface area (Å²) in [6.45, 7) is -1.06. The van der Waals surface area contributed by atoms with Crippen LogP contribution in [0.2, 0.25) is 0 Å². The molecule has 0 unspecified atom stereocenters. The summed E-state index contributed by atoms with van der Waals surface area (Å²) < 4.78 is 112. The van der Waals surface area contributed by atoms with Crippen molar-refractivity contribution >= 4 is 21.7 Å². The van der Waals surface area contributed by atoms with Crippen molar-refractivity contribution in [2.75, 3.05) is 26.4 Å². The van der Waals surface area contributed by atoms with Gasteiger partial charge in [-0.15, -0.1) is 0 Å². The zero-order chi connectivity index (χ0) is 27.4. The molecule has 1 aromatic carbocycles. The first-order valence-electron chi connectivity index (χ1n) is 10.5. The Morgan fingerprint density at radius 3 is 2.06 bits per heavy atom. The van der Waals surface area contributed by atoms with Crippen LogP contribution in [0.25, 0.3) is 0 Å². The lowest BCUT2D eigenvalue weighted by Crippen LogP contribution is -2.57. The van der Waals surface area contributed by atoms with Gasteiger partial charge in [-0.25, -0.2) is 13.9 Å². The van der Waals surface area contributed by atoms with Crippen LogP contribution in [0.1, 0.15) is 26.2 Å². The number of benzene rings is 1. The van der Waals surface area contributed by atoms with E-state index in [1.165, 1.54) is 17.6 Å². The molecule has 0 radical (unpaired) electrons. The van der Waals surface area contributed by atoms with Crippen molar-refractivity contribution < 1.29 is 59.0 Å². The molecule has 1 saturated heterocycles. The number of hydroxylamine groups is 1. The Bertz CT molecular complexity index is 1020. The molecule has 3 N–H and O–H groups in total. The SMILES string of the molecule is CC(C(=O)NCCCOc1ccc(S(=O)(=O)C2(C(=O)NO)CCOCC2)cc1)(C(F)(F)F)C(F)(F)F. The van der Waals surface area contributed by atoms with Crippen molar-refractivity contribution in [1.29, 1.82) is 0 Å². The van der Waals surface area contributed by atoms with Crippen LogP contribution < -0.4 is 15.5 Å². The summed E-state index contributed by atoms with van der Waals surface area (Å²) in [6, 6.07) is 4.76. The molecule has 1 heterocycles. The van der Waals surface area contributed by atoms with E-state index in [4.69, 9.17) is 14.7 Å². The second kappa shape index (κ2) is 10.8. The highest BCUT2D eigenvalue weighted by Crippen LogP contribution is 2.50. The number of rotatable bonds is 9. The molecule has 0 atom stereocenters. The van der Waals surface area contributed by atoms with Gasteiger partial charge in [-0.1, -0.05) is 0 Å². The zero-order valence-corrected chi connectivity index (χ0v) is 19.6. The Kier molecular flexibility index (Phi) is 8.89. The molecule has 2 rings (SSSR count). The molecule has 16 heteroatoms. The van der Waals surface area contributed by atoms with Crippen LogP contribution >= 0.6 is 0 Å². The van der Waals surface area contributed by atoms with E-state index in [0.717, 1.165) is 12.1 Å². The Hall–Kier alpha value is -2.59. The van der Waals surface area contributed by atoms with E-state index in [0.29, 0.717) is 0 Å². The van der Waals surface area contributed by atoms with E-state index >= 15 is 0 Å². The van der Waals surface area contributed by atoms with Gasteiger partial charge in [0.15, 0.2) is 14.6 Å². The second-order valence-corrected chi connectivity index (χ2v) is 10.4. The van der Waals surface area contributed by atoms with Gasteiger partial charge in [-0.3, -0.25) is 14.8 Å². The first kappa shape index (κ1) is 29.6. The number of alkyl halides is 6. The summed E-state index contributed by atoms with van der Waals surface area (Å²) in [4.78, 5) is 23.6. The Morgan fingerprint density at radius 2 is 1.58 bits per heavy atom. The predicted octanol–water partition coefficient (Wildman–Crippen LogP) is 2.53. The van der Waals surface area contributed by atoms with Crippen molar-refractivity contribution in [3.8, 4) is 5.75 Å². The van der Waals surface area contributed by atoms with Gasteiger partial charge in [0.1, 0.15) is 5.75 Å². The van der Waals surface area contributed by atoms with Gasteiger partial charge in [-0.2, -0.15) is 26.3 Å². The lowest BCUT2D eigenvalue weighted by Gasteiger charge is -2.34. The third-order valence-electron chi connectivity index (χ3n) is 5.93. The monoisotopic (exact) mass is 550 g/mol.